The minimum atomic E-state index is -0.484. The van der Waals surface area contributed by atoms with Crippen molar-refractivity contribution < 1.29 is 1.37 Å². The number of nitrogens with zero attached hydrogens (tertiary/aromatic N) is 1. The second-order valence-corrected chi connectivity index (χ2v) is 19.7. The van der Waals surface area contributed by atoms with Crippen LogP contribution in [-0.4, -0.2) is 0 Å². The maximum absolute atomic E-state index is 9.27. The average molecular weight is 801 g/mol. The molecule has 1 saturated carbocycles. The standard InChI is InChI=1S/C61H53N/c1-59(2,3)42-30-33-49-46-19-9-13-23-54(46)61(56(49)36-42)55-24-14-10-20-47(55)50-34-31-44(38-57(50)61)62(43-32-35-53-51(37-43)48-21-8-12-22-52(48)60(53,4)5)58-25-15-11-18-45(58)41-28-26-40(27-29-41)39-16-6-7-17-39/h8-15,18-39H,6-7,16-17H2,1-5H3/i39D. The van der Waals surface area contributed by atoms with Crippen LogP contribution in [0, 0.1) is 0 Å². The fraction of sp³-hybridized carbons (Fsp3) is 0.213. The lowest BCUT2D eigenvalue weighted by atomic mass is 9.69. The topological polar surface area (TPSA) is 3.24 Å². The predicted molar refractivity (Wildman–Crippen MR) is 260 cm³/mol. The van der Waals surface area contributed by atoms with Gasteiger partial charge >= 0.3 is 0 Å². The molecule has 8 aromatic rings. The van der Waals surface area contributed by atoms with Crippen LogP contribution in [-0.2, 0) is 16.2 Å². The molecule has 1 atom stereocenters. The third kappa shape index (κ3) is 5.27. The lowest BCUT2D eigenvalue weighted by Crippen LogP contribution is -2.27. The summed E-state index contributed by atoms with van der Waals surface area (Å²) in [6.07, 6.45) is 4.14. The van der Waals surface area contributed by atoms with Gasteiger partial charge in [0.15, 0.2) is 0 Å². The minimum absolute atomic E-state index is 0.00832. The molecule has 0 radical (unpaired) electrons. The summed E-state index contributed by atoms with van der Waals surface area (Å²) in [5, 5.41) is 0. The summed E-state index contributed by atoms with van der Waals surface area (Å²) in [6, 6.07) is 66.9. The van der Waals surface area contributed by atoms with E-state index < -0.39 is 11.3 Å². The van der Waals surface area contributed by atoms with E-state index in [0.29, 0.717) is 0 Å². The summed E-state index contributed by atoms with van der Waals surface area (Å²) in [4.78, 5) is 2.52. The Labute approximate surface area is 369 Å². The molecule has 4 aliphatic rings. The number of fused-ring (bicyclic) bond motifs is 13. The molecular weight excluding hydrogens is 747 g/mol. The van der Waals surface area contributed by atoms with Crippen LogP contribution < -0.4 is 4.90 Å². The second kappa shape index (κ2) is 13.5. The molecule has 4 aliphatic carbocycles. The van der Waals surface area contributed by atoms with Crippen LogP contribution in [0.15, 0.2) is 176 Å². The lowest BCUT2D eigenvalue weighted by molar-refractivity contribution is 0.588. The van der Waals surface area contributed by atoms with Crippen LogP contribution in [0.4, 0.5) is 17.1 Å². The number of anilines is 3. The van der Waals surface area contributed by atoms with E-state index in [9.17, 15) is 1.37 Å². The van der Waals surface area contributed by atoms with E-state index in [0.717, 1.165) is 53.9 Å². The number of hydrogen-bond acceptors (Lipinski definition) is 1. The van der Waals surface area contributed by atoms with Crippen molar-refractivity contribution in [3.05, 3.63) is 220 Å². The first-order valence-electron chi connectivity index (χ1n) is 23.2. The molecular formula is C61H53N. The average Bonchev–Trinajstić information content (AvgIpc) is 4.03. The fourth-order valence-corrected chi connectivity index (χ4v) is 11.9. The zero-order chi connectivity index (χ0) is 42.9. The normalized spacial score (nSPS) is 18.4. The van der Waals surface area contributed by atoms with Crippen LogP contribution >= 0.6 is 0 Å². The van der Waals surface area contributed by atoms with Crippen molar-refractivity contribution in [3.63, 3.8) is 0 Å². The van der Waals surface area contributed by atoms with E-state index in [2.05, 4.69) is 215 Å². The highest BCUT2D eigenvalue weighted by Crippen LogP contribution is 2.64. The van der Waals surface area contributed by atoms with Gasteiger partial charge in [0.1, 0.15) is 0 Å². The number of benzene rings is 8. The van der Waals surface area contributed by atoms with Crippen molar-refractivity contribution in [2.75, 3.05) is 4.90 Å². The summed E-state index contributed by atoms with van der Waals surface area (Å²) in [7, 11) is 0. The Bertz CT molecular complexity index is 3140. The molecule has 62 heavy (non-hydrogen) atoms. The summed E-state index contributed by atoms with van der Waals surface area (Å²) in [5.41, 5.74) is 23.6. The van der Waals surface area contributed by atoms with Crippen LogP contribution in [0.2, 0.25) is 0 Å². The van der Waals surface area contributed by atoms with Crippen molar-refractivity contribution >= 4 is 17.1 Å². The number of hydrogen-bond donors (Lipinski definition) is 0. The molecule has 0 aromatic heterocycles. The molecule has 0 N–H and O–H groups in total. The molecule has 12 rings (SSSR count). The molecule has 1 heteroatoms. The highest BCUT2D eigenvalue weighted by molar-refractivity contribution is 5.98. The molecule has 1 unspecified atom stereocenters. The van der Waals surface area contributed by atoms with Gasteiger partial charge in [0.25, 0.3) is 0 Å². The van der Waals surface area contributed by atoms with Gasteiger partial charge < -0.3 is 4.90 Å². The minimum Gasteiger partial charge on any atom is -0.310 e. The molecule has 1 spiro atoms. The Hall–Kier alpha value is -6.44. The van der Waals surface area contributed by atoms with Gasteiger partial charge in [0.05, 0.1) is 11.1 Å². The third-order valence-corrected chi connectivity index (χ3v) is 15.0. The quantitative estimate of drug-likeness (QED) is 0.168. The van der Waals surface area contributed by atoms with Crippen LogP contribution in [0.5, 0.6) is 0 Å². The Morgan fingerprint density at radius 1 is 0.468 bits per heavy atom. The predicted octanol–water partition coefficient (Wildman–Crippen LogP) is 16.4. The monoisotopic (exact) mass is 800 g/mol. The molecule has 0 bridgehead atoms. The van der Waals surface area contributed by atoms with Crippen LogP contribution in [0.3, 0.4) is 0 Å². The molecule has 0 amide bonds. The molecule has 0 saturated heterocycles. The van der Waals surface area contributed by atoms with Gasteiger partial charge in [-0.2, -0.15) is 0 Å². The number of rotatable bonds is 5. The summed E-state index contributed by atoms with van der Waals surface area (Å²) < 4.78 is 9.27. The fourth-order valence-electron chi connectivity index (χ4n) is 11.9. The van der Waals surface area contributed by atoms with E-state index in [1.54, 1.807) is 0 Å². The zero-order valence-electron chi connectivity index (χ0n) is 37.5. The SMILES string of the molecule is [2H]C1(c2ccc(-c3ccccc3N(c3ccc4c(c3)-c3ccccc3C4(C)C)c3ccc4c(c3)C3(c5ccccc5-4)c4ccccc4-c4ccc(C(C)(C)C)cc43)cc2)CCCC1. The van der Waals surface area contributed by atoms with Gasteiger partial charge in [0, 0.05) is 23.7 Å². The van der Waals surface area contributed by atoms with E-state index in [4.69, 9.17) is 0 Å². The summed E-state index contributed by atoms with van der Waals surface area (Å²) >= 11 is 0. The largest absolute Gasteiger partial charge is 0.310 e. The Morgan fingerprint density at radius 2 is 0.968 bits per heavy atom. The molecule has 0 heterocycles. The first kappa shape index (κ1) is 36.2. The van der Waals surface area contributed by atoms with Crippen molar-refractivity contribution in [3.8, 4) is 44.5 Å². The summed E-state index contributed by atoms with van der Waals surface area (Å²) in [5.74, 6) is -0.484. The lowest BCUT2D eigenvalue weighted by Gasteiger charge is -2.33. The van der Waals surface area contributed by atoms with E-state index in [-0.39, 0.29) is 10.8 Å². The van der Waals surface area contributed by atoms with Crippen LogP contribution in [0.1, 0.15) is 112 Å². The molecule has 0 aliphatic heterocycles. The highest BCUT2D eigenvalue weighted by atomic mass is 15.1. The zero-order valence-corrected chi connectivity index (χ0v) is 36.5. The molecule has 8 aromatic carbocycles. The van der Waals surface area contributed by atoms with Crippen molar-refractivity contribution in [1.29, 1.82) is 0 Å². The van der Waals surface area contributed by atoms with E-state index in [1.807, 2.05) is 0 Å². The third-order valence-electron chi connectivity index (χ3n) is 15.0. The van der Waals surface area contributed by atoms with Crippen molar-refractivity contribution in [2.45, 2.75) is 82.4 Å². The van der Waals surface area contributed by atoms with Gasteiger partial charge in [0.2, 0.25) is 0 Å². The smallest absolute Gasteiger partial charge is 0.0726 e. The Balaban J connectivity index is 1.11. The maximum Gasteiger partial charge on any atom is 0.0726 e. The molecule has 1 fully saturated rings. The second-order valence-electron chi connectivity index (χ2n) is 19.7. The maximum atomic E-state index is 9.27. The van der Waals surface area contributed by atoms with E-state index in [1.165, 1.54) is 77.9 Å². The summed E-state index contributed by atoms with van der Waals surface area (Å²) in [6.45, 7) is 11.7. The van der Waals surface area contributed by atoms with E-state index >= 15 is 0 Å². The Morgan fingerprint density at radius 3 is 1.63 bits per heavy atom. The van der Waals surface area contributed by atoms with Gasteiger partial charge in [-0.3, -0.25) is 0 Å². The Kier molecular flexibility index (Phi) is 7.91. The van der Waals surface area contributed by atoms with Gasteiger partial charge in [-0.25, -0.2) is 0 Å². The highest BCUT2D eigenvalue weighted by Gasteiger charge is 2.52. The first-order valence-corrected chi connectivity index (χ1v) is 22.7. The van der Waals surface area contributed by atoms with Gasteiger partial charge in [-0.15, -0.1) is 0 Å². The molecule has 302 valence electrons. The molecule has 1 nitrogen and oxygen atoms in total. The first-order chi connectivity index (χ1) is 30.5. The van der Waals surface area contributed by atoms with Gasteiger partial charge in [-0.1, -0.05) is 193 Å². The van der Waals surface area contributed by atoms with Gasteiger partial charge in [-0.05, 0) is 138 Å². The van der Waals surface area contributed by atoms with Crippen LogP contribution in [0.25, 0.3) is 44.5 Å². The number of para-hydroxylation sites is 1. The van der Waals surface area contributed by atoms with Crippen molar-refractivity contribution in [1.82, 2.24) is 0 Å². The van der Waals surface area contributed by atoms with Crippen molar-refractivity contribution in [2.24, 2.45) is 0 Å².